The minimum atomic E-state index is -0.666. The Bertz CT molecular complexity index is 1690. The van der Waals surface area contributed by atoms with Crippen molar-refractivity contribution < 1.29 is 23.4 Å². The lowest BCUT2D eigenvalue weighted by atomic mass is 10.1. The monoisotopic (exact) mass is 524 g/mol. The predicted molar refractivity (Wildman–Crippen MR) is 148 cm³/mol. The summed E-state index contributed by atoms with van der Waals surface area (Å²) in [4.78, 5) is 26.7. The number of rotatable bonds is 8. The van der Waals surface area contributed by atoms with E-state index in [1.54, 1.807) is 47.0 Å². The van der Waals surface area contributed by atoms with Gasteiger partial charge >= 0.3 is 0 Å². The molecule has 0 bridgehead atoms. The zero-order valence-electron chi connectivity index (χ0n) is 21.3. The Morgan fingerprint density at radius 1 is 0.846 bits per heavy atom. The van der Waals surface area contributed by atoms with Crippen LogP contribution in [0.5, 0.6) is 17.2 Å². The number of nitrogens with zero attached hydrogens (tertiary/aromatic N) is 1. The third kappa shape index (κ3) is 5.60. The van der Waals surface area contributed by atoms with E-state index in [0.717, 1.165) is 5.56 Å². The third-order valence-electron chi connectivity index (χ3n) is 6.17. The molecular weight excluding hydrogens is 499 g/mol. The van der Waals surface area contributed by atoms with Crippen molar-refractivity contribution in [3.8, 4) is 22.9 Å². The molecule has 0 unspecified atom stereocenters. The van der Waals surface area contributed by atoms with Crippen LogP contribution in [0.1, 0.15) is 15.9 Å². The van der Waals surface area contributed by atoms with Crippen LogP contribution in [0.25, 0.3) is 16.6 Å². The van der Waals surface area contributed by atoms with E-state index in [1.165, 1.54) is 38.6 Å². The number of hydrogen-bond donors (Lipinski definition) is 1. The summed E-state index contributed by atoms with van der Waals surface area (Å²) in [5, 5.41) is 2.91. The van der Waals surface area contributed by atoms with Crippen molar-refractivity contribution >= 4 is 22.5 Å². The van der Waals surface area contributed by atoms with Gasteiger partial charge in [0.05, 0.1) is 25.4 Å². The minimum Gasteiger partial charge on any atom is -0.497 e. The molecule has 0 fully saturated rings. The molecule has 1 amide bonds. The molecule has 0 atom stereocenters. The first-order valence-electron chi connectivity index (χ1n) is 12.1. The van der Waals surface area contributed by atoms with E-state index in [2.05, 4.69) is 5.32 Å². The lowest BCUT2D eigenvalue weighted by molar-refractivity contribution is 0.102. The van der Waals surface area contributed by atoms with E-state index < -0.39 is 17.2 Å². The number of amides is 1. The van der Waals surface area contributed by atoms with Crippen LogP contribution in [0.4, 0.5) is 10.1 Å². The van der Waals surface area contributed by atoms with Gasteiger partial charge in [0.25, 0.3) is 5.91 Å². The average Bonchev–Trinajstić information content (AvgIpc) is 2.96. The predicted octanol–water partition coefficient (Wildman–Crippen LogP) is 5.98. The van der Waals surface area contributed by atoms with Gasteiger partial charge < -0.3 is 24.1 Å². The van der Waals surface area contributed by atoms with Gasteiger partial charge in [-0.1, -0.05) is 36.4 Å². The molecule has 0 saturated heterocycles. The largest absolute Gasteiger partial charge is 0.497 e. The summed E-state index contributed by atoms with van der Waals surface area (Å²) < 4.78 is 32.3. The molecule has 8 heteroatoms. The fourth-order valence-electron chi connectivity index (χ4n) is 4.21. The molecule has 0 aliphatic carbocycles. The number of nitrogens with one attached hydrogen (secondary N) is 1. The first-order valence-corrected chi connectivity index (χ1v) is 12.1. The number of fused-ring (bicyclic) bond motifs is 1. The standard InChI is InChI=1S/C31H25FN2O5/c1-37-25-14-23(15-26(16-25)38-2)34-18-28(31(36)33-22-10-6-9-21(32)13-22)30(35)27-12-11-24(17-29(27)34)39-19-20-7-4-3-5-8-20/h3-18H,19H2,1-2H3,(H,33,36). The zero-order chi connectivity index (χ0) is 27.4. The Balaban J connectivity index is 1.64. The SMILES string of the molecule is COc1cc(OC)cc(-n2cc(C(=O)Nc3cccc(F)c3)c(=O)c3ccc(OCc4ccccc4)cc32)c1. The van der Waals surface area contributed by atoms with E-state index >= 15 is 0 Å². The topological polar surface area (TPSA) is 78.8 Å². The van der Waals surface area contributed by atoms with Crippen molar-refractivity contribution in [2.24, 2.45) is 0 Å². The van der Waals surface area contributed by atoms with Crippen LogP contribution in [0, 0.1) is 5.82 Å². The van der Waals surface area contributed by atoms with Crippen LogP contribution < -0.4 is 25.0 Å². The summed E-state index contributed by atoms with van der Waals surface area (Å²) in [6, 6.07) is 25.5. The second kappa shape index (κ2) is 11.1. The second-order valence-electron chi connectivity index (χ2n) is 8.73. The Hall–Kier alpha value is -5.11. The van der Waals surface area contributed by atoms with Gasteiger partial charge in [0.2, 0.25) is 5.43 Å². The maximum atomic E-state index is 13.7. The second-order valence-corrected chi connectivity index (χ2v) is 8.73. The van der Waals surface area contributed by atoms with Gasteiger partial charge in [-0.05, 0) is 35.9 Å². The molecule has 0 spiro atoms. The lowest BCUT2D eigenvalue weighted by Crippen LogP contribution is -2.23. The van der Waals surface area contributed by atoms with Crippen molar-refractivity contribution in [3.63, 3.8) is 0 Å². The molecule has 196 valence electrons. The summed E-state index contributed by atoms with van der Waals surface area (Å²) >= 11 is 0. The normalized spacial score (nSPS) is 10.7. The van der Waals surface area contributed by atoms with E-state index in [-0.39, 0.29) is 11.3 Å². The molecule has 39 heavy (non-hydrogen) atoms. The number of aromatic nitrogens is 1. The highest BCUT2D eigenvalue weighted by Gasteiger charge is 2.18. The van der Waals surface area contributed by atoms with E-state index in [9.17, 15) is 14.0 Å². The van der Waals surface area contributed by atoms with Gasteiger partial charge in [-0.3, -0.25) is 9.59 Å². The molecular formula is C31H25FN2O5. The maximum Gasteiger partial charge on any atom is 0.261 e. The third-order valence-corrected chi connectivity index (χ3v) is 6.17. The van der Waals surface area contributed by atoms with Gasteiger partial charge in [0.1, 0.15) is 35.2 Å². The summed E-state index contributed by atoms with van der Waals surface area (Å²) in [5.74, 6) is 0.430. The van der Waals surface area contributed by atoms with Crippen LogP contribution >= 0.6 is 0 Å². The highest BCUT2D eigenvalue weighted by atomic mass is 19.1. The molecule has 0 aliphatic heterocycles. The first-order chi connectivity index (χ1) is 18.9. The van der Waals surface area contributed by atoms with Crippen LogP contribution in [-0.4, -0.2) is 24.7 Å². The molecule has 7 nitrogen and oxygen atoms in total. The molecule has 5 rings (SSSR count). The zero-order valence-corrected chi connectivity index (χ0v) is 21.3. The highest BCUT2D eigenvalue weighted by molar-refractivity contribution is 6.06. The summed E-state index contributed by atoms with van der Waals surface area (Å²) in [7, 11) is 3.07. The van der Waals surface area contributed by atoms with E-state index in [0.29, 0.717) is 40.4 Å². The Morgan fingerprint density at radius 3 is 2.28 bits per heavy atom. The fourth-order valence-corrected chi connectivity index (χ4v) is 4.21. The Morgan fingerprint density at radius 2 is 1.59 bits per heavy atom. The summed E-state index contributed by atoms with van der Waals surface area (Å²) in [6.07, 6.45) is 1.45. The lowest BCUT2D eigenvalue weighted by Gasteiger charge is -2.17. The highest BCUT2D eigenvalue weighted by Crippen LogP contribution is 2.29. The molecule has 1 N–H and O–H groups in total. The number of methoxy groups -OCH3 is 2. The van der Waals surface area contributed by atoms with Crippen LogP contribution in [-0.2, 0) is 6.61 Å². The van der Waals surface area contributed by atoms with Gasteiger partial charge in [-0.15, -0.1) is 0 Å². The van der Waals surface area contributed by atoms with Crippen molar-refractivity contribution in [2.75, 3.05) is 19.5 Å². The summed E-state index contributed by atoms with van der Waals surface area (Å²) in [6.45, 7) is 0.345. The molecule has 0 saturated carbocycles. The smallest absolute Gasteiger partial charge is 0.261 e. The van der Waals surface area contributed by atoms with Crippen molar-refractivity contribution in [2.45, 2.75) is 6.61 Å². The number of halogens is 1. The molecule has 5 aromatic rings. The van der Waals surface area contributed by atoms with Gasteiger partial charge in [0, 0.05) is 41.5 Å². The van der Waals surface area contributed by atoms with Crippen LogP contribution in [0.3, 0.4) is 0 Å². The quantitative estimate of drug-likeness (QED) is 0.270. The first kappa shape index (κ1) is 25.5. The number of carbonyl (C=O) groups is 1. The van der Waals surface area contributed by atoms with E-state index in [1.807, 2.05) is 30.3 Å². The molecule has 4 aromatic carbocycles. The number of carbonyl (C=O) groups excluding carboxylic acids is 1. The Labute approximate surface area is 224 Å². The van der Waals surface area contributed by atoms with Crippen LogP contribution in [0.15, 0.2) is 102 Å². The number of benzene rings is 4. The summed E-state index contributed by atoms with van der Waals surface area (Å²) in [5.41, 5.74) is 1.75. The van der Waals surface area contributed by atoms with Gasteiger partial charge in [-0.25, -0.2) is 4.39 Å². The molecule has 1 heterocycles. The molecule has 0 aliphatic rings. The number of hydrogen-bond acceptors (Lipinski definition) is 5. The number of anilines is 1. The number of ether oxygens (including phenoxy) is 3. The maximum absolute atomic E-state index is 13.7. The fraction of sp³-hybridized carbons (Fsp3) is 0.0968. The van der Waals surface area contributed by atoms with Gasteiger partial charge in [-0.2, -0.15) is 0 Å². The Kier molecular flexibility index (Phi) is 7.27. The molecule has 1 aromatic heterocycles. The van der Waals surface area contributed by atoms with Crippen molar-refractivity contribution in [1.29, 1.82) is 0 Å². The molecule has 0 radical (unpaired) electrons. The minimum absolute atomic E-state index is 0.119. The number of pyridine rings is 1. The average molecular weight is 525 g/mol. The van der Waals surface area contributed by atoms with E-state index in [4.69, 9.17) is 14.2 Å². The van der Waals surface area contributed by atoms with Crippen molar-refractivity contribution in [1.82, 2.24) is 4.57 Å². The van der Waals surface area contributed by atoms with Crippen molar-refractivity contribution in [3.05, 3.63) is 124 Å². The van der Waals surface area contributed by atoms with Crippen LogP contribution in [0.2, 0.25) is 0 Å². The van der Waals surface area contributed by atoms with Gasteiger partial charge in [0.15, 0.2) is 0 Å².